The number of nitrogens with two attached hydrogens (primary N) is 1. The molecule has 3 unspecified atom stereocenters. The molecule has 1 aliphatic rings. The monoisotopic (exact) mass is 297 g/mol. The van der Waals surface area contributed by atoms with E-state index in [9.17, 15) is 0 Å². The van der Waals surface area contributed by atoms with Crippen molar-refractivity contribution >= 4 is 16.5 Å². The summed E-state index contributed by atoms with van der Waals surface area (Å²) in [5.41, 5.74) is 7.11. The van der Waals surface area contributed by atoms with E-state index in [2.05, 4.69) is 32.6 Å². The fourth-order valence-electron chi connectivity index (χ4n) is 2.61. The zero-order valence-electron chi connectivity index (χ0n) is 13.1. The Kier molecular flexibility index (Phi) is 5.41. The lowest BCUT2D eigenvalue weighted by atomic mass is 10.0. The van der Waals surface area contributed by atoms with Crippen LogP contribution in [0.2, 0.25) is 0 Å². The maximum Gasteiger partial charge on any atom is 0.186 e. The summed E-state index contributed by atoms with van der Waals surface area (Å²) in [5, 5.41) is 1.13. The van der Waals surface area contributed by atoms with Crippen LogP contribution in [0.1, 0.15) is 57.0 Å². The highest BCUT2D eigenvalue weighted by atomic mass is 32.1. The zero-order valence-corrected chi connectivity index (χ0v) is 13.9. The number of hydrogen-bond donors (Lipinski definition) is 1. The Morgan fingerprint density at radius 2 is 2.25 bits per heavy atom. The number of rotatable bonds is 5. The third-order valence-electron chi connectivity index (χ3n) is 4.17. The second-order valence-electron chi connectivity index (χ2n) is 5.68. The maximum atomic E-state index is 5.91. The number of ether oxygens (including phenoxy) is 1. The summed E-state index contributed by atoms with van der Waals surface area (Å²) in [6.07, 6.45) is 2.46. The van der Waals surface area contributed by atoms with Crippen LogP contribution in [0.4, 0.5) is 5.13 Å². The van der Waals surface area contributed by atoms with Gasteiger partial charge in [0.15, 0.2) is 5.13 Å². The zero-order chi connectivity index (χ0) is 14.7. The predicted molar refractivity (Wildman–Crippen MR) is 85.6 cm³/mol. The molecule has 2 rings (SSSR count). The van der Waals surface area contributed by atoms with E-state index in [0.29, 0.717) is 18.5 Å². The second kappa shape index (κ2) is 6.87. The predicted octanol–water partition coefficient (Wildman–Crippen LogP) is 3.12. The average Bonchev–Trinajstić information content (AvgIpc) is 2.90. The van der Waals surface area contributed by atoms with Crippen molar-refractivity contribution in [2.24, 2.45) is 5.73 Å². The molecule has 4 nitrogen and oxygen atoms in total. The molecule has 1 saturated heterocycles. The molecule has 0 radical (unpaired) electrons. The highest BCUT2D eigenvalue weighted by molar-refractivity contribution is 7.15. The van der Waals surface area contributed by atoms with Crippen LogP contribution in [0.25, 0.3) is 0 Å². The van der Waals surface area contributed by atoms with E-state index in [4.69, 9.17) is 15.5 Å². The molecule has 5 heteroatoms. The highest BCUT2D eigenvalue weighted by Gasteiger charge is 2.29. The van der Waals surface area contributed by atoms with Crippen molar-refractivity contribution in [2.45, 2.75) is 65.1 Å². The van der Waals surface area contributed by atoms with Crippen LogP contribution in [0, 0.1) is 0 Å². The lowest BCUT2D eigenvalue weighted by molar-refractivity contribution is 0.0299. The molecule has 20 heavy (non-hydrogen) atoms. The molecular formula is C15H27N3OS. The van der Waals surface area contributed by atoms with Gasteiger partial charge in [0.1, 0.15) is 0 Å². The van der Waals surface area contributed by atoms with Crippen molar-refractivity contribution in [3.05, 3.63) is 10.6 Å². The van der Waals surface area contributed by atoms with Crippen molar-refractivity contribution in [1.29, 1.82) is 0 Å². The standard InChI is InChI=1S/C15H27N3OS/c1-5-10(3)14-13(7-16)20-15(17-14)18-8-11(4)19-9-12(18)6-2/h10-12H,5-9,16H2,1-4H3. The Morgan fingerprint density at radius 3 is 2.85 bits per heavy atom. The summed E-state index contributed by atoms with van der Waals surface area (Å²) < 4.78 is 5.78. The summed E-state index contributed by atoms with van der Waals surface area (Å²) in [7, 11) is 0. The van der Waals surface area contributed by atoms with Crippen molar-refractivity contribution in [1.82, 2.24) is 4.98 Å². The first kappa shape index (κ1) is 15.7. The van der Waals surface area contributed by atoms with Crippen LogP contribution in [-0.2, 0) is 11.3 Å². The Morgan fingerprint density at radius 1 is 1.50 bits per heavy atom. The van der Waals surface area contributed by atoms with Gasteiger partial charge in [0.2, 0.25) is 0 Å². The lowest BCUT2D eigenvalue weighted by Gasteiger charge is -2.38. The van der Waals surface area contributed by atoms with E-state index in [1.165, 1.54) is 10.6 Å². The van der Waals surface area contributed by atoms with E-state index >= 15 is 0 Å². The Hall–Kier alpha value is -0.650. The molecule has 114 valence electrons. The van der Waals surface area contributed by atoms with E-state index in [0.717, 1.165) is 31.1 Å². The van der Waals surface area contributed by atoms with Crippen molar-refractivity contribution in [3.63, 3.8) is 0 Å². The third kappa shape index (κ3) is 3.15. The van der Waals surface area contributed by atoms with Gasteiger partial charge in [-0.3, -0.25) is 0 Å². The maximum absolute atomic E-state index is 5.91. The molecule has 0 amide bonds. The molecule has 0 spiro atoms. The van der Waals surface area contributed by atoms with E-state index in [-0.39, 0.29) is 6.10 Å². The summed E-state index contributed by atoms with van der Waals surface area (Å²) in [6, 6.07) is 0.438. The van der Waals surface area contributed by atoms with Gasteiger partial charge in [-0.05, 0) is 25.7 Å². The molecule has 1 aliphatic heterocycles. The van der Waals surface area contributed by atoms with Gasteiger partial charge in [-0.1, -0.05) is 20.8 Å². The number of thiazole rings is 1. The van der Waals surface area contributed by atoms with Gasteiger partial charge < -0.3 is 15.4 Å². The first-order chi connectivity index (χ1) is 9.60. The Labute approximate surface area is 126 Å². The molecule has 1 aromatic heterocycles. The number of anilines is 1. The van der Waals surface area contributed by atoms with Gasteiger partial charge in [-0.2, -0.15) is 0 Å². The van der Waals surface area contributed by atoms with Gasteiger partial charge in [-0.15, -0.1) is 11.3 Å². The van der Waals surface area contributed by atoms with Crippen LogP contribution in [-0.4, -0.2) is 30.3 Å². The van der Waals surface area contributed by atoms with Crippen LogP contribution in [0.15, 0.2) is 0 Å². The van der Waals surface area contributed by atoms with Gasteiger partial charge >= 0.3 is 0 Å². The Balaban J connectivity index is 2.28. The van der Waals surface area contributed by atoms with Gasteiger partial charge in [0.25, 0.3) is 0 Å². The summed E-state index contributed by atoms with van der Waals surface area (Å²) >= 11 is 1.77. The summed E-state index contributed by atoms with van der Waals surface area (Å²) in [6.45, 7) is 11.1. The molecule has 0 aromatic carbocycles. The molecule has 1 aromatic rings. The minimum atomic E-state index is 0.273. The number of aromatic nitrogens is 1. The molecule has 3 atom stereocenters. The van der Waals surface area contributed by atoms with Crippen LogP contribution in [0.3, 0.4) is 0 Å². The normalized spacial score (nSPS) is 24.9. The summed E-state index contributed by atoms with van der Waals surface area (Å²) in [5.74, 6) is 0.483. The van der Waals surface area contributed by atoms with Gasteiger partial charge in [0.05, 0.1) is 24.4 Å². The number of morpholine rings is 1. The first-order valence-corrected chi connectivity index (χ1v) is 8.50. The number of hydrogen-bond acceptors (Lipinski definition) is 5. The molecule has 0 bridgehead atoms. The SMILES string of the molecule is CCC(C)c1nc(N2CC(C)OCC2CC)sc1CN. The third-order valence-corrected chi connectivity index (χ3v) is 5.30. The van der Waals surface area contributed by atoms with Crippen LogP contribution < -0.4 is 10.6 Å². The van der Waals surface area contributed by atoms with Crippen molar-refractivity contribution in [3.8, 4) is 0 Å². The second-order valence-corrected chi connectivity index (χ2v) is 6.74. The first-order valence-electron chi connectivity index (χ1n) is 7.68. The topological polar surface area (TPSA) is 51.4 Å². The highest BCUT2D eigenvalue weighted by Crippen LogP contribution is 2.34. The Bertz CT molecular complexity index is 435. The lowest BCUT2D eigenvalue weighted by Crippen LogP contribution is -2.48. The fourth-order valence-corrected chi connectivity index (χ4v) is 3.75. The molecule has 2 heterocycles. The van der Waals surface area contributed by atoms with Crippen molar-refractivity contribution < 1.29 is 4.74 Å². The van der Waals surface area contributed by atoms with E-state index in [1.807, 2.05) is 0 Å². The summed E-state index contributed by atoms with van der Waals surface area (Å²) in [4.78, 5) is 8.58. The largest absolute Gasteiger partial charge is 0.375 e. The minimum Gasteiger partial charge on any atom is -0.375 e. The smallest absolute Gasteiger partial charge is 0.186 e. The molecule has 1 fully saturated rings. The fraction of sp³-hybridized carbons (Fsp3) is 0.800. The minimum absolute atomic E-state index is 0.273. The average molecular weight is 297 g/mol. The van der Waals surface area contributed by atoms with E-state index < -0.39 is 0 Å². The van der Waals surface area contributed by atoms with Gasteiger partial charge in [-0.25, -0.2) is 4.98 Å². The molecule has 0 saturated carbocycles. The van der Waals surface area contributed by atoms with E-state index in [1.54, 1.807) is 11.3 Å². The number of nitrogens with zero attached hydrogens (tertiary/aromatic N) is 2. The molecule has 0 aliphatic carbocycles. The van der Waals surface area contributed by atoms with Crippen LogP contribution in [0.5, 0.6) is 0 Å². The molecule has 2 N–H and O–H groups in total. The quantitative estimate of drug-likeness (QED) is 0.907. The van der Waals surface area contributed by atoms with Crippen LogP contribution >= 0.6 is 11.3 Å². The molecular weight excluding hydrogens is 270 g/mol. The van der Waals surface area contributed by atoms with Crippen molar-refractivity contribution in [2.75, 3.05) is 18.1 Å². The van der Waals surface area contributed by atoms with Gasteiger partial charge in [0, 0.05) is 18.0 Å².